The first-order valence-corrected chi connectivity index (χ1v) is 21.3. The van der Waals surface area contributed by atoms with Crippen LogP contribution in [0.5, 0.6) is 17.2 Å². The van der Waals surface area contributed by atoms with Crippen LogP contribution in [0.1, 0.15) is 81.0 Å². The molecule has 5 atom stereocenters. The van der Waals surface area contributed by atoms with Crippen LogP contribution >= 0.6 is 0 Å². The van der Waals surface area contributed by atoms with Crippen molar-refractivity contribution in [2.24, 2.45) is 0 Å². The number of hydrogen-bond acceptors (Lipinski definition) is 15. The van der Waals surface area contributed by atoms with Crippen LogP contribution in [0.4, 0.5) is 0 Å². The van der Waals surface area contributed by atoms with E-state index in [2.05, 4.69) is 6.92 Å². The Hall–Kier alpha value is -7.78. The predicted octanol–water partition coefficient (Wildman–Crippen LogP) is 8.31. The van der Waals surface area contributed by atoms with Crippen LogP contribution in [0.3, 0.4) is 0 Å². The summed E-state index contributed by atoms with van der Waals surface area (Å²) in [4.78, 5) is 80.6. The molecule has 15 nitrogen and oxygen atoms in total. The quantitative estimate of drug-likeness (QED) is 0.0346. The number of unbranched alkanes of at least 4 members (excludes halogenated alkanes) is 3. The fraction of sp³-hybridized carbons (Fsp3) is 0.255. The average molecular weight is 899 g/mol. The normalized spacial score (nSPS) is 17.8. The van der Waals surface area contributed by atoms with Crippen LogP contribution in [0.15, 0.2) is 149 Å². The number of hydrogen-bond donors (Lipinski definition) is 0. The Morgan fingerprint density at radius 2 is 1.09 bits per heavy atom. The topological polar surface area (TPSA) is 189 Å². The molecule has 66 heavy (non-hydrogen) atoms. The maximum atomic E-state index is 14.0. The monoisotopic (exact) mass is 898 g/mol. The third-order valence-corrected chi connectivity index (χ3v) is 10.3. The molecule has 7 rings (SSSR count). The van der Waals surface area contributed by atoms with Crippen LogP contribution in [-0.2, 0) is 28.5 Å². The number of carbonyl (C=O) groups excluding carboxylic acids is 5. The summed E-state index contributed by atoms with van der Waals surface area (Å²) in [6.07, 6.45) is -4.62. The molecular formula is C51H46O15. The van der Waals surface area contributed by atoms with E-state index in [0.717, 1.165) is 26.2 Å². The molecule has 0 N–H and O–H groups in total. The van der Waals surface area contributed by atoms with E-state index in [9.17, 15) is 28.8 Å². The van der Waals surface area contributed by atoms with E-state index in [1.165, 1.54) is 54.6 Å². The second kappa shape index (κ2) is 22.2. The second-order valence-corrected chi connectivity index (χ2v) is 15.0. The second-order valence-electron chi connectivity index (χ2n) is 15.0. The van der Waals surface area contributed by atoms with Gasteiger partial charge in [0.15, 0.2) is 18.0 Å². The SMILES string of the molecule is CCCCCCOc1c(OC(C)=O)c(=O)oc2cc(O[C@H]3O[C@H](COC(=O)c4ccccc4)[C@@H](OC(=O)c4ccccc4)[C@H](OC(=O)c4ccccc4)[C@@H]3OC(=O)c3ccccc3)ccc12. The van der Waals surface area contributed by atoms with E-state index in [1.54, 1.807) is 84.9 Å². The summed E-state index contributed by atoms with van der Waals surface area (Å²) in [5, 5.41) is 0.263. The van der Waals surface area contributed by atoms with Crippen molar-refractivity contribution >= 4 is 40.8 Å². The van der Waals surface area contributed by atoms with Gasteiger partial charge in [0.2, 0.25) is 12.4 Å². The molecule has 15 heteroatoms. The van der Waals surface area contributed by atoms with Crippen molar-refractivity contribution in [2.45, 2.75) is 70.2 Å². The fourth-order valence-electron chi connectivity index (χ4n) is 7.04. The van der Waals surface area contributed by atoms with Gasteiger partial charge in [-0.2, -0.15) is 0 Å². The predicted molar refractivity (Wildman–Crippen MR) is 236 cm³/mol. The summed E-state index contributed by atoms with van der Waals surface area (Å²) in [5.41, 5.74) is -0.491. The lowest BCUT2D eigenvalue weighted by atomic mass is 9.97. The Labute approximate surface area is 379 Å². The lowest BCUT2D eigenvalue weighted by molar-refractivity contribution is -0.275. The van der Waals surface area contributed by atoms with Gasteiger partial charge in [-0.15, -0.1) is 0 Å². The van der Waals surface area contributed by atoms with Crippen molar-refractivity contribution in [2.75, 3.05) is 13.2 Å². The molecule has 6 aromatic rings. The van der Waals surface area contributed by atoms with Gasteiger partial charge < -0.3 is 42.3 Å². The molecule has 1 aliphatic rings. The molecule has 1 aromatic heterocycles. The van der Waals surface area contributed by atoms with Gasteiger partial charge in [0.05, 0.1) is 34.2 Å². The summed E-state index contributed by atoms with van der Waals surface area (Å²) >= 11 is 0. The molecule has 0 saturated carbocycles. The molecule has 1 aliphatic heterocycles. The maximum Gasteiger partial charge on any atom is 0.383 e. The Morgan fingerprint density at radius 1 is 0.576 bits per heavy atom. The lowest BCUT2D eigenvalue weighted by Gasteiger charge is -2.44. The minimum atomic E-state index is -1.70. The molecule has 0 spiro atoms. The van der Waals surface area contributed by atoms with Crippen LogP contribution in [0, 0.1) is 0 Å². The largest absolute Gasteiger partial charge is 0.489 e. The van der Waals surface area contributed by atoms with Gasteiger partial charge in [0.25, 0.3) is 5.75 Å². The Bertz CT molecular complexity index is 2670. The third-order valence-electron chi connectivity index (χ3n) is 10.3. The van der Waals surface area contributed by atoms with Gasteiger partial charge in [-0.05, 0) is 67.1 Å². The van der Waals surface area contributed by atoms with Crippen molar-refractivity contribution in [3.05, 3.63) is 172 Å². The molecule has 1 fully saturated rings. The molecule has 0 aliphatic carbocycles. The first kappa shape index (κ1) is 46.2. The molecule has 0 amide bonds. The summed E-state index contributed by atoms with van der Waals surface area (Å²) < 4.78 is 53.9. The summed E-state index contributed by atoms with van der Waals surface area (Å²) in [5.74, 6) is -4.60. The number of benzene rings is 5. The molecular weight excluding hydrogens is 853 g/mol. The highest BCUT2D eigenvalue weighted by Gasteiger charge is 2.54. The van der Waals surface area contributed by atoms with Crippen molar-refractivity contribution in [3.63, 3.8) is 0 Å². The molecule has 0 bridgehead atoms. The zero-order chi connectivity index (χ0) is 46.4. The highest BCUT2D eigenvalue weighted by molar-refractivity contribution is 5.92. The summed E-state index contributed by atoms with van der Waals surface area (Å²) in [6, 6.07) is 36.3. The first-order chi connectivity index (χ1) is 32.1. The molecule has 0 radical (unpaired) electrons. The number of fused-ring (bicyclic) bond motifs is 1. The highest BCUT2D eigenvalue weighted by Crippen LogP contribution is 2.37. The zero-order valence-electron chi connectivity index (χ0n) is 36.0. The number of ether oxygens (including phenoxy) is 8. The Balaban J connectivity index is 1.31. The first-order valence-electron chi connectivity index (χ1n) is 21.3. The van der Waals surface area contributed by atoms with Gasteiger partial charge in [0, 0.05) is 13.0 Å². The van der Waals surface area contributed by atoms with Gasteiger partial charge in [-0.1, -0.05) is 99.0 Å². The standard InChI is InChI=1S/C51H46O15/c1-3-4-5-18-29-58-41-38-28-27-37(30-39(38)62-50(57)44(41)60-32(2)52)61-51-45(66-49(56)36-25-16-9-17-26-36)43(65-48(55)35-23-14-8-15-24-35)42(64-47(54)34-21-12-7-13-22-34)40(63-51)31-59-46(53)33-19-10-6-11-20-33/h6-17,19-28,30,40,42-43,45,51H,3-5,18,29,31H2,1-2H3/t40-,42-,43+,45+,51+/m1/s1. The van der Waals surface area contributed by atoms with Crippen molar-refractivity contribution < 1.29 is 66.3 Å². The fourth-order valence-corrected chi connectivity index (χ4v) is 7.04. The molecule has 0 unspecified atom stereocenters. The van der Waals surface area contributed by atoms with Gasteiger partial charge in [-0.3, -0.25) is 4.79 Å². The van der Waals surface area contributed by atoms with Crippen LogP contribution in [0.25, 0.3) is 11.0 Å². The summed E-state index contributed by atoms with van der Waals surface area (Å²) in [7, 11) is 0. The van der Waals surface area contributed by atoms with E-state index in [1.807, 2.05) is 0 Å². The minimum absolute atomic E-state index is 0.0145. The van der Waals surface area contributed by atoms with Crippen molar-refractivity contribution in [1.82, 2.24) is 0 Å². The van der Waals surface area contributed by atoms with E-state index in [4.69, 9.17) is 42.3 Å². The van der Waals surface area contributed by atoms with E-state index in [-0.39, 0.29) is 51.3 Å². The smallest absolute Gasteiger partial charge is 0.383 e. The molecule has 1 saturated heterocycles. The van der Waals surface area contributed by atoms with E-state index in [0.29, 0.717) is 6.42 Å². The zero-order valence-corrected chi connectivity index (χ0v) is 36.0. The Morgan fingerprint density at radius 3 is 1.62 bits per heavy atom. The summed E-state index contributed by atoms with van der Waals surface area (Å²) in [6.45, 7) is 2.85. The minimum Gasteiger partial charge on any atom is -0.489 e. The van der Waals surface area contributed by atoms with Crippen molar-refractivity contribution in [3.8, 4) is 17.2 Å². The lowest BCUT2D eigenvalue weighted by Crippen LogP contribution is -2.63. The van der Waals surface area contributed by atoms with Crippen LogP contribution in [0.2, 0.25) is 0 Å². The van der Waals surface area contributed by atoms with Gasteiger partial charge >= 0.3 is 35.5 Å². The number of carbonyl (C=O) groups is 5. The van der Waals surface area contributed by atoms with E-state index < -0.39 is 78.5 Å². The van der Waals surface area contributed by atoms with Crippen LogP contribution < -0.4 is 19.8 Å². The number of rotatable bonds is 18. The Kier molecular flexibility index (Phi) is 15.6. The maximum absolute atomic E-state index is 14.0. The van der Waals surface area contributed by atoms with Gasteiger partial charge in [-0.25, -0.2) is 24.0 Å². The number of esters is 5. The highest BCUT2D eigenvalue weighted by atomic mass is 16.7. The van der Waals surface area contributed by atoms with E-state index >= 15 is 0 Å². The van der Waals surface area contributed by atoms with Gasteiger partial charge in [0.1, 0.15) is 24.0 Å². The third kappa shape index (κ3) is 11.7. The molecule has 5 aromatic carbocycles. The van der Waals surface area contributed by atoms with Crippen molar-refractivity contribution in [1.29, 1.82) is 0 Å². The molecule has 2 heterocycles. The average Bonchev–Trinajstić information content (AvgIpc) is 3.34. The van der Waals surface area contributed by atoms with Crippen LogP contribution in [-0.4, -0.2) is 73.8 Å². The molecule has 340 valence electrons.